The molecule has 0 bridgehead atoms. The highest BCUT2D eigenvalue weighted by atomic mass is 79.9. The van der Waals surface area contributed by atoms with E-state index in [1.807, 2.05) is 36.4 Å². The van der Waals surface area contributed by atoms with Crippen molar-refractivity contribution in [3.8, 4) is 17.2 Å². The maximum absolute atomic E-state index is 5.37. The second-order valence-corrected chi connectivity index (χ2v) is 6.04. The van der Waals surface area contributed by atoms with Gasteiger partial charge in [0.15, 0.2) is 11.5 Å². The standard InChI is InChI=1S/C19H17BrN2O3/c1-23-16-9-12(10-17(24-2)19(16)25-3)11-22-15-7-6-14(20)13-5-4-8-21-18(13)15/h4-11H,1-3H3. The minimum atomic E-state index is 0.554. The van der Waals surface area contributed by atoms with Crippen LogP contribution in [0.5, 0.6) is 17.2 Å². The van der Waals surface area contributed by atoms with E-state index in [1.54, 1.807) is 33.7 Å². The van der Waals surface area contributed by atoms with E-state index in [9.17, 15) is 0 Å². The van der Waals surface area contributed by atoms with Crippen LogP contribution >= 0.6 is 15.9 Å². The SMILES string of the molecule is COc1cc(C=Nc2ccc(Br)c3cccnc23)cc(OC)c1OC. The lowest BCUT2D eigenvalue weighted by Crippen LogP contribution is -1.96. The number of fused-ring (bicyclic) bond motifs is 1. The molecule has 0 radical (unpaired) electrons. The maximum Gasteiger partial charge on any atom is 0.203 e. The number of methoxy groups -OCH3 is 3. The Labute approximate surface area is 154 Å². The Hall–Kier alpha value is -2.60. The minimum Gasteiger partial charge on any atom is -0.493 e. The van der Waals surface area contributed by atoms with Gasteiger partial charge in [0.25, 0.3) is 0 Å². The number of nitrogens with zero attached hydrogens (tertiary/aromatic N) is 2. The summed E-state index contributed by atoms with van der Waals surface area (Å²) in [6.45, 7) is 0. The Morgan fingerprint density at radius 1 is 1.00 bits per heavy atom. The highest BCUT2D eigenvalue weighted by Gasteiger charge is 2.12. The summed E-state index contributed by atoms with van der Waals surface area (Å²) in [5, 5.41) is 1.02. The molecule has 3 aromatic rings. The molecule has 0 fully saturated rings. The Morgan fingerprint density at radius 2 is 1.72 bits per heavy atom. The smallest absolute Gasteiger partial charge is 0.203 e. The normalized spacial score (nSPS) is 11.0. The first-order valence-corrected chi connectivity index (χ1v) is 8.34. The predicted octanol–water partition coefficient (Wildman–Crippen LogP) is 4.77. The van der Waals surface area contributed by atoms with Crippen molar-refractivity contribution in [3.05, 3.63) is 52.6 Å². The molecule has 5 nitrogen and oxygen atoms in total. The predicted molar refractivity (Wildman–Crippen MR) is 103 cm³/mol. The molecule has 1 aromatic heterocycles. The Balaban J connectivity index is 2.04. The van der Waals surface area contributed by atoms with E-state index < -0.39 is 0 Å². The molecule has 6 heteroatoms. The van der Waals surface area contributed by atoms with Crippen LogP contribution in [0.25, 0.3) is 10.9 Å². The van der Waals surface area contributed by atoms with Gasteiger partial charge in [-0.05, 0) is 30.3 Å². The maximum atomic E-state index is 5.37. The van der Waals surface area contributed by atoms with E-state index in [0.29, 0.717) is 17.2 Å². The van der Waals surface area contributed by atoms with Gasteiger partial charge < -0.3 is 14.2 Å². The van der Waals surface area contributed by atoms with Crippen molar-refractivity contribution in [2.45, 2.75) is 0 Å². The number of hydrogen-bond acceptors (Lipinski definition) is 5. The summed E-state index contributed by atoms with van der Waals surface area (Å²) in [5.74, 6) is 1.72. The van der Waals surface area contributed by atoms with Gasteiger partial charge in [-0.2, -0.15) is 0 Å². The highest BCUT2D eigenvalue weighted by Crippen LogP contribution is 2.38. The Morgan fingerprint density at radius 3 is 2.36 bits per heavy atom. The summed E-state index contributed by atoms with van der Waals surface area (Å²) in [6, 6.07) is 11.5. The van der Waals surface area contributed by atoms with E-state index in [2.05, 4.69) is 25.9 Å². The molecule has 3 rings (SSSR count). The molecule has 0 atom stereocenters. The molecule has 0 unspecified atom stereocenters. The van der Waals surface area contributed by atoms with Crippen LogP contribution in [0.1, 0.15) is 5.56 Å². The van der Waals surface area contributed by atoms with E-state index in [-0.39, 0.29) is 0 Å². The lowest BCUT2D eigenvalue weighted by molar-refractivity contribution is 0.324. The van der Waals surface area contributed by atoms with Gasteiger partial charge in [0.2, 0.25) is 5.75 Å². The lowest BCUT2D eigenvalue weighted by atomic mass is 10.1. The summed E-state index contributed by atoms with van der Waals surface area (Å²) in [6.07, 6.45) is 3.51. The number of pyridine rings is 1. The molecule has 0 aliphatic rings. The number of hydrogen-bond donors (Lipinski definition) is 0. The molecule has 0 saturated heterocycles. The first kappa shape index (κ1) is 17.2. The molecule has 128 valence electrons. The van der Waals surface area contributed by atoms with Crippen molar-refractivity contribution in [1.29, 1.82) is 0 Å². The van der Waals surface area contributed by atoms with Gasteiger partial charge >= 0.3 is 0 Å². The number of ether oxygens (including phenoxy) is 3. The quantitative estimate of drug-likeness (QED) is 0.578. The third kappa shape index (κ3) is 3.44. The van der Waals surface area contributed by atoms with Crippen LogP contribution in [0.2, 0.25) is 0 Å². The molecule has 0 amide bonds. The monoisotopic (exact) mass is 400 g/mol. The van der Waals surface area contributed by atoms with E-state index in [1.165, 1.54) is 0 Å². The van der Waals surface area contributed by atoms with Gasteiger partial charge in [-0.3, -0.25) is 9.98 Å². The fraction of sp³-hybridized carbons (Fsp3) is 0.158. The van der Waals surface area contributed by atoms with Crippen LogP contribution in [-0.2, 0) is 0 Å². The van der Waals surface area contributed by atoms with Crippen molar-refractivity contribution in [3.63, 3.8) is 0 Å². The fourth-order valence-electron chi connectivity index (χ4n) is 2.55. The number of aliphatic imine (C=N–C) groups is 1. The van der Waals surface area contributed by atoms with Crippen molar-refractivity contribution in [1.82, 2.24) is 4.98 Å². The average Bonchev–Trinajstić information content (AvgIpc) is 2.66. The van der Waals surface area contributed by atoms with Gasteiger partial charge in [-0.1, -0.05) is 22.0 Å². The van der Waals surface area contributed by atoms with Crippen molar-refractivity contribution in [2.24, 2.45) is 4.99 Å². The van der Waals surface area contributed by atoms with Crippen molar-refractivity contribution < 1.29 is 14.2 Å². The molecule has 0 spiro atoms. The van der Waals surface area contributed by atoms with Gasteiger partial charge in [0.05, 0.1) is 32.5 Å². The number of rotatable bonds is 5. The van der Waals surface area contributed by atoms with E-state index >= 15 is 0 Å². The second-order valence-electron chi connectivity index (χ2n) is 5.18. The topological polar surface area (TPSA) is 52.9 Å². The van der Waals surface area contributed by atoms with E-state index in [4.69, 9.17) is 14.2 Å². The first-order chi connectivity index (χ1) is 12.2. The first-order valence-electron chi connectivity index (χ1n) is 7.55. The summed E-state index contributed by atoms with van der Waals surface area (Å²) >= 11 is 3.54. The summed E-state index contributed by atoms with van der Waals surface area (Å²) in [5.41, 5.74) is 2.45. The molecule has 25 heavy (non-hydrogen) atoms. The van der Waals surface area contributed by atoms with Gasteiger partial charge in [0, 0.05) is 27.8 Å². The van der Waals surface area contributed by atoms with Crippen molar-refractivity contribution in [2.75, 3.05) is 21.3 Å². The number of halogens is 1. The van der Waals surface area contributed by atoms with Crippen LogP contribution in [0, 0.1) is 0 Å². The third-order valence-corrected chi connectivity index (χ3v) is 4.43. The molecule has 1 heterocycles. The molecular weight excluding hydrogens is 384 g/mol. The highest BCUT2D eigenvalue weighted by molar-refractivity contribution is 9.10. The third-order valence-electron chi connectivity index (χ3n) is 3.73. The van der Waals surface area contributed by atoms with Crippen LogP contribution < -0.4 is 14.2 Å². The zero-order valence-corrected chi connectivity index (χ0v) is 15.7. The largest absolute Gasteiger partial charge is 0.493 e. The van der Waals surface area contributed by atoms with Crippen LogP contribution in [0.15, 0.2) is 52.1 Å². The van der Waals surface area contributed by atoms with Crippen molar-refractivity contribution >= 4 is 38.7 Å². The molecule has 0 saturated carbocycles. The Kier molecular flexibility index (Phi) is 5.19. The number of aromatic nitrogens is 1. The van der Waals surface area contributed by atoms with E-state index in [0.717, 1.165) is 26.6 Å². The second kappa shape index (κ2) is 7.53. The van der Waals surface area contributed by atoms with Gasteiger partial charge in [0.1, 0.15) is 0 Å². The van der Waals surface area contributed by atoms with Crippen LogP contribution in [0.3, 0.4) is 0 Å². The molecule has 2 aromatic carbocycles. The average molecular weight is 401 g/mol. The van der Waals surface area contributed by atoms with Crippen LogP contribution in [-0.4, -0.2) is 32.5 Å². The zero-order chi connectivity index (χ0) is 17.8. The summed E-state index contributed by atoms with van der Waals surface area (Å²) < 4.78 is 17.1. The molecule has 0 N–H and O–H groups in total. The summed E-state index contributed by atoms with van der Waals surface area (Å²) in [4.78, 5) is 9.03. The molecule has 0 aliphatic carbocycles. The number of benzene rings is 2. The fourth-order valence-corrected chi connectivity index (χ4v) is 3.00. The Bertz CT molecular complexity index is 916. The lowest BCUT2D eigenvalue weighted by Gasteiger charge is -2.12. The summed E-state index contributed by atoms with van der Waals surface area (Å²) in [7, 11) is 4.75. The zero-order valence-electron chi connectivity index (χ0n) is 14.1. The van der Waals surface area contributed by atoms with Crippen LogP contribution in [0.4, 0.5) is 5.69 Å². The van der Waals surface area contributed by atoms with Gasteiger partial charge in [-0.15, -0.1) is 0 Å². The molecule has 0 aliphatic heterocycles. The van der Waals surface area contributed by atoms with Gasteiger partial charge in [-0.25, -0.2) is 0 Å². The molecular formula is C19H17BrN2O3. The minimum absolute atomic E-state index is 0.554.